The lowest BCUT2D eigenvalue weighted by atomic mass is 10.1. The third-order valence-corrected chi connectivity index (χ3v) is 6.14. The number of rotatable bonds is 5. The van der Waals surface area contributed by atoms with Crippen molar-refractivity contribution in [2.24, 2.45) is 4.99 Å². The van der Waals surface area contributed by atoms with E-state index in [1.54, 1.807) is 36.4 Å². The lowest BCUT2D eigenvalue weighted by molar-refractivity contribution is -0.143. The number of benzene rings is 2. The van der Waals surface area contributed by atoms with Crippen molar-refractivity contribution in [2.75, 3.05) is 19.8 Å². The van der Waals surface area contributed by atoms with E-state index in [2.05, 4.69) is 9.71 Å². The number of ether oxygens (including phenoxy) is 3. The van der Waals surface area contributed by atoms with E-state index in [0.29, 0.717) is 35.8 Å². The molecule has 2 aliphatic heterocycles. The van der Waals surface area contributed by atoms with Crippen molar-refractivity contribution in [3.63, 3.8) is 0 Å². The summed E-state index contributed by atoms with van der Waals surface area (Å²) in [5, 5.41) is 0. The lowest BCUT2D eigenvalue weighted by Crippen LogP contribution is -2.27. The van der Waals surface area contributed by atoms with Gasteiger partial charge >= 0.3 is 5.97 Å². The Bertz CT molecular complexity index is 1170. The Labute approximate surface area is 179 Å². The highest BCUT2D eigenvalue weighted by Crippen LogP contribution is 2.30. The molecule has 0 amide bonds. The average molecular weight is 444 g/mol. The van der Waals surface area contributed by atoms with Crippen LogP contribution < -0.4 is 14.2 Å². The molecule has 0 aromatic heterocycles. The van der Waals surface area contributed by atoms with Crippen LogP contribution in [0.25, 0.3) is 0 Å². The normalized spacial score (nSPS) is 18.4. The third kappa shape index (κ3) is 4.38. The number of aliphatic imine (C=N–C) groups is 1. The predicted molar refractivity (Wildman–Crippen MR) is 110 cm³/mol. The molecule has 4 rings (SSSR count). The van der Waals surface area contributed by atoms with Crippen molar-refractivity contribution < 1.29 is 32.2 Å². The molecule has 0 saturated carbocycles. The van der Waals surface area contributed by atoms with Gasteiger partial charge in [-0.25, -0.2) is 13.2 Å². The molecule has 0 radical (unpaired) electrons. The summed E-state index contributed by atoms with van der Waals surface area (Å²) in [4.78, 5) is 29.0. The monoisotopic (exact) mass is 444 g/mol. The Kier molecular flexibility index (Phi) is 5.64. The van der Waals surface area contributed by atoms with Crippen molar-refractivity contribution in [3.05, 3.63) is 53.6 Å². The van der Waals surface area contributed by atoms with Crippen molar-refractivity contribution in [1.82, 2.24) is 4.72 Å². The number of esters is 1. The summed E-state index contributed by atoms with van der Waals surface area (Å²) < 4.78 is 42.8. The first-order valence-electron chi connectivity index (χ1n) is 9.64. The highest BCUT2D eigenvalue weighted by Gasteiger charge is 2.31. The summed E-state index contributed by atoms with van der Waals surface area (Å²) in [6.45, 7) is 2.02. The van der Waals surface area contributed by atoms with Crippen LogP contribution in [0.3, 0.4) is 0 Å². The van der Waals surface area contributed by atoms with Crippen molar-refractivity contribution in [3.8, 4) is 11.5 Å². The highest BCUT2D eigenvalue weighted by atomic mass is 32.2. The van der Waals surface area contributed by atoms with Crippen LogP contribution in [0.2, 0.25) is 0 Å². The van der Waals surface area contributed by atoms with Gasteiger partial charge in [-0.3, -0.25) is 14.5 Å². The molecule has 9 nitrogen and oxygen atoms in total. The summed E-state index contributed by atoms with van der Waals surface area (Å²) in [5.41, 5.74) is 0.707. The highest BCUT2D eigenvalue weighted by molar-refractivity contribution is 7.90. The lowest BCUT2D eigenvalue weighted by Gasteiger charge is -2.10. The van der Waals surface area contributed by atoms with E-state index in [-0.39, 0.29) is 10.7 Å². The molecule has 31 heavy (non-hydrogen) atoms. The average Bonchev–Trinajstić information content (AvgIpc) is 2.90. The molecule has 0 saturated heterocycles. The van der Waals surface area contributed by atoms with E-state index in [1.165, 1.54) is 13.0 Å². The van der Waals surface area contributed by atoms with Crippen molar-refractivity contribution >= 4 is 27.6 Å². The van der Waals surface area contributed by atoms with Crippen LogP contribution in [0.4, 0.5) is 0 Å². The van der Waals surface area contributed by atoms with Gasteiger partial charge in [0.05, 0.1) is 18.1 Å². The zero-order valence-electron chi connectivity index (χ0n) is 16.7. The molecule has 162 valence electrons. The van der Waals surface area contributed by atoms with Crippen LogP contribution in [0.15, 0.2) is 52.4 Å². The molecule has 1 atom stereocenters. The number of carbonyl (C=O) groups excluding carboxylic acids is 2. The van der Waals surface area contributed by atoms with E-state index in [0.717, 1.165) is 6.42 Å². The Balaban J connectivity index is 1.41. The molecule has 1 unspecified atom stereocenters. The second kappa shape index (κ2) is 8.38. The molecule has 10 heteroatoms. The minimum atomic E-state index is -3.71. The SMILES string of the molecule is CC(N=C1NS(=O)(=O)c2ccccc21)C(=O)OCC(=O)c1ccc2c(c1)OCCCO2. The molecule has 2 aromatic carbocycles. The van der Waals surface area contributed by atoms with E-state index in [9.17, 15) is 18.0 Å². The summed E-state index contributed by atoms with van der Waals surface area (Å²) >= 11 is 0. The van der Waals surface area contributed by atoms with Gasteiger partial charge in [-0.05, 0) is 37.3 Å². The first-order valence-corrected chi connectivity index (χ1v) is 11.1. The Hall–Kier alpha value is -3.40. The van der Waals surface area contributed by atoms with Crippen molar-refractivity contribution in [2.45, 2.75) is 24.3 Å². The van der Waals surface area contributed by atoms with E-state index in [1.807, 2.05) is 0 Å². The largest absolute Gasteiger partial charge is 0.490 e. The zero-order chi connectivity index (χ0) is 22.0. The minimum Gasteiger partial charge on any atom is -0.490 e. The van der Waals surface area contributed by atoms with Crippen LogP contribution in [0.5, 0.6) is 11.5 Å². The second-order valence-electron chi connectivity index (χ2n) is 7.00. The number of fused-ring (bicyclic) bond motifs is 2. The number of hydrogen-bond acceptors (Lipinski definition) is 8. The van der Waals surface area contributed by atoms with Crippen LogP contribution in [-0.2, 0) is 19.6 Å². The van der Waals surface area contributed by atoms with Crippen LogP contribution in [0.1, 0.15) is 29.3 Å². The summed E-state index contributed by atoms with van der Waals surface area (Å²) in [5.74, 6) is -0.0553. The number of ketones is 1. The fourth-order valence-electron chi connectivity index (χ4n) is 3.15. The number of sulfonamides is 1. The van der Waals surface area contributed by atoms with Gasteiger partial charge in [-0.15, -0.1) is 0 Å². The van der Waals surface area contributed by atoms with Crippen LogP contribution in [-0.4, -0.2) is 51.9 Å². The number of amidine groups is 1. The molecule has 2 aliphatic rings. The topological polar surface area (TPSA) is 120 Å². The van der Waals surface area contributed by atoms with Crippen LogP contribution >= 0.6 is 0 Å². The van der Waals surface area contributed by atoms with Gasteiger partial charge in [0, 0.05) is 17.5 Å². The molecule has 1 N–H and O–H groups in total. The van der Waals surface area contributed by atoms with Gasteiger partial charge in [-0.1, -0.05) is 12.1 Å². The Morgan fingerprint density at radius 1 is 1.13 bits per heavy atom. The fourth-order valence-corrected chi connectivity index (χ4v) is 4.39. The summed E-state index contributed by atoms with van der Waals surface area (Å²) in [6, 6.07) is 10.1. The number of hydrogen-bond donors (Lipinski definition) is 1. The third-order valence-electron chi connectivity index (χ3n) is 4.74. The molecule has 0 bridgehead atoms. The maximum Gasteiger partial charge on any atom is 0.331 e. The molecule has 0 fully saturated rings. The number of carbonyl (C=O) groups is 2. The molecule has 2 aromatic rings. The second-order valence-corrected chi connectivity index (χ2v) is 8.65. The van der Waals surface area contributed by atoms with Gasteiger partial charge in [0.25, 0.3) is 10.0 Å². The number of Topliss-reactive ketones (excluding diaryl/α,β-unsaturated/α-hetero) is 1. The first kappa shape index (κ1) is 20.9. The van der Waals surface area contributed by atoms with Crippen molar-refractivity contribution in [1.29, 1.82) is 0 Å². The molecule has 2 heterocycles. The maximum absolute atomic E-state index is 12.4. The van der Waals surface area contributed by atoms with E-state index in [4.69, 9.17) is 14.2 Å². The van der Waals surface area contributed by atoms with Gasteiger partial charge in [-0.2, -0.15) is 0 Å². The predicted octanol–water partition coefficient (Wildman–Crippen LogP) is 1.70. The first-order chi connectivity index (χ1) is 14.8. The maximum atomic E-state index is 12.4. The van der Waals surface area contributed by atoms with Gasteiger partial charge in [0.15, 0.2) is 23.9 Å². The summed E-state index contributed by atoms with van der Waals surface area (Å²) in [7, 11) is -3.71. The molecule has 0 aliphatic carbocycles. The minimum absolute atomic E-state index is 0.0641. The van der Waals surface area contributed by atoms with Gasteiger partial charge < -0.3 is 14.2 Å². The molecular weight excluding hydrogens is 424 g/mol. The van der Waals surface area contributed by atoms with E-state index >= 15 is 0 Å². The number of nitrogens with one attached hydrogen (secondary N) is 1. The smallest absolute Gasteiger partial charge is 0.331 e. The zero-order valence-corrected chi connectivity index (χ0v) is 17.5. The van der Waals surface area contributed by atoms with Gasteiger partial charge in [0.2, 0.25) is 0 Å². The van der Waals surface area contributed by atoms with Crippen LogP contribution in [0, 0.1) is 0 Å². The molecular formula is C21H20N2O7S. The molecule has 0 spiro atoms. The standard InChI is InChI=1S/C21H20N2O7S/c1-13(22-20-15-5-2-3-6-19(15)31(26,27)23-20)21(25)30-12-16(24)14-7-8-17-18(11-14)29-10-4-9-28-17/h2-3,5-8,11,13H,4,9-10,12H2,1H3,(H,22,23). The quantitative estimate of drug-likeness (QED) is 0.550. The number of nitrogens with zero attached hydrogens (tertiary/aromatic N) is 1. The summed E-state index contributed by atoms with van der Waals surface area (Å²) in [6.07, 6.45) is 0.747. The van der Waals surface area contributed by atoms with Gasteiger partial charge in [0.1, 0.15) is 11.9 Å². The Morgan fingerprint density at radius 2 is 1.87 bits per heavy atom. The van der Waals surface area contributed by atoms with E-state index < -0.39 is 34.4 Å². The fraction of sp³-hybridized carbons (Fsp3) is 0.286. The Morgan fingerprint density at radius 3 is 2.68 bits per heavy atom.